The van der Waals surface area contributed by atoms with Gasteiger partial charge in [0, 0.05) is 37.4 Å². The zero-order valence-electron chi connectivity index (χ0n) is 23.8. The summed E-state index contributed by atoms with van der Waals surface area (Å²) in [6.45, 7) is 6.83. The van der Waals surface area contributed by atoms with E-state index >= 15 is 0 Å². The lowest BCUT2D eigenvalue weighted by molar-refractivity contribution is 0.0754. The fourth-order valence-electron chi connectivity index (χ4n) is 5.64. The number of nitrogens with zero attached hydrogens (tertiary/aromatic N) is 4. The molecule has 7 nitrogen and oxygen atoms in total. The molecular formula is C32H37FN4O3S. The van der Waals surface area contributed by atoms with E-state index in [1.807, 2.05) is 54.9 Å². The Morgan fingerprint density at radius 2 is 1.83 bits per heavy atom. The average Bonchev–Trinajstić information content (AvgIpc) is 3.35. The smallest absolute Gasteiger partial charge is 0.256 e. The first kappa shape index (κ1) is 29.1. The summed E-state index contributed by atoms with van der Waals surface area (Å²) >= 11 is -1.82. The first-order valence-electron chi connectivity index (χ1n) is 14.1. The van der Waals surface area contributed by atoms with Crippen LogP contribution in [0.1, 0.15) is 59.7 Å². The number of hydrogen-bond acceptors (Lipinski definition) is 4. The van der Waals surface area contributed by atoms with Gasteiger partial charge >= 0.3 is 0 Å². The summed E-state index contributed by atoms with van der Waals surface area (Å²) in [4.78, 5) is 21.8. The molecule has 0 aliphatic carbocycles. The molecule has 0 bridgehead atoms. The summed E-state index contributed by atoms with van der Waals surface area (Å²) in [6.07, 6.45) is 8.72. The number of likely N-dealkylation sites (tertiary alicyclic amines) is 1. The van der Waals surface area contributed by atoms with Gasteiger partial charge < -0.3 is 18.9 Å². The van der Waals surface area contributed by atoms with E-state index in [9.17, 15) is 13.4 Å². The van der Waals surface area contributed by atoms with Crippen molar-refractivity contribution in [2.75, 3.05) is 26.7 Å². The third-order valence-corrected chi connectivity index (χ3v) is 8.82. The number of amides is 1. The minimum absolute atomic E-state index is 0.0140. The number of fused-ring (bicyclic) bond motifs is 1. The largest absolute Gasteiger partial charge is 0.339 e. The van der Waals surface area contributed by atoms with Gasteiger partial charge in [0.1, 0.15) is 5.82 Å². The van der Waals surface area contributed by atoms with Crippen molar-refractivity contribution in [3.63, 3.8) is 0 Å². The monoisotopic (exact) mass is 576 g/mol. The Hall–Kier alpha value is -3.40. The number of rotatable bonds is 9. The van der Waals surface area contributed by atoms with Gasteiger partial charge in [-0.05, 0) is 93.1 Å². The highest BCUT2D eigenvalue weighted by molar-refractivity contribution is 7.78. The van der Waals surface area contributed by atoms with E-state index in [4.69, 9.17) is 4.55 Å². The van der Waals surface area contributed by atoms with Crippen LogP contribution in [0.25, 0.3) is 16.6 Å². The highest BCUT2D eigenvalue weighted by Gasteiger charge is 2.26. The van der Waals surface area contributed by atoms with Crippen molar-refractivity contribution in [2.45, 2.75) is 50.8 Å². The highest BCUT2D eigenvalue weighted by atomic mass is 32.2. The lowest BCUT2D eigenvalue weighted by Gasteiger charge is -2.32. The van der Waals surface area contributed by atoms with Crippen LogP contribution in [0.15, 0.2) is 67.1 Å². The average molecular weight is 577 g/mol. The molecule has 4 aromatic rings. The summed E-state index contributed by atoms with van der Waals surface area (Å²) < 4.78 is 36.5. The van der Waals surface area contributed by atoms with Gasteiger partial charge in [-0.3, -0.25) is 9.78 Å². The van der Waals surface area contributed by atoms with Crippen molar-refractivity contribution in [3.05, 3.63) is 95.2 Å². The molecular weight excluding hydrogens is 539 g/mol. The number of hydrogen-bond donors (Lipinski definition) is 1. The van der Waals surface area contributed by atoms with Crippen molar-refractivity contribution in [1.82, 2.24) is 19.4 Å². The van der Waals surface area contributed by atoms with Gasteiger partial charge in [0.05, 0.1) is 28.7 Å². The maximum absolute atomic E-state index is 14.4. The summed E-state index contributed by atoms with van der Waals surface area (Å²) in [5.74, 6) is -0.121. The molecule has 1 atom stereocenters. The van der Waals surface area contributed by atoms with Crippen LogP contribution in [-0.4, -0.2) is 66.7 Å². The summed E-state index contributed by atoms with van der Waals surface area (Å²) in [5.41, 5.74) is 5.23. The molecule has 41 heavy (non-hydrogen) atoms. The molecule has 0 spiro atoms. The zero-order chi connectivity index (χ0) is 29.1. The Labute approximate surface area is 243 Å². The highest BCUT2D eigenvalue weighted by Crippen LogP contribution is 2.36. The SMILES string of the molecule is CC(C)N(C)C(=O)c1cc(F)ccc1-n1cc(C2CCN(CCc3ccc(CS(=O)O)cc3)CC2)c2ccncc21. The van der Waals surface area contributed by atoms with Gasteiger partial charge in [0.2, 0.25) is 0 Å². The summed E-state index contributed by atoms with van der Waals surface area (Å²) in [6, 6.07) is 14.4. The van der Waals surface area contributed by atoms with Crippen molar-refractivity contribution < 1.29 is 17.9 Å². The minimum Gasteiger partial charge on any atom is -0.339 e. The maximum atomic E-state index is 14.4. The van der Waals surface area contributed by atoms with E-state index in [1.54, 1.807) is 24.2 Å². The lowest BCUT2D eigenvalue weighted by atomic mass is 9.89. The van der Waals surface area contributed by atoms with E-state index in [0.717, 1.165) is 55.4 Å². The van der Waals surface area contributed by atoms with E-state index in [-0.39, 0.29) is 17.7 Å². The third kappa shape index (κ3) is 6.58. The molecule has 5 rings (SSSR count). The zero-order valence-corrected chi connectivity index (χ0v) is 24.6. The van der Waals surface area contributed by atoms with Crippen LogP contribution in [0.3, 0.4) is 0 Å². The summed E-state index contributed by atoms with van der Waals surface area (Å²) in [7, 11) is 1.74. The molecule has 0 saturated carbocycles. The van der Waals surface area contributed by atoms with Crippen molar-refractivity contribution in [3.8, 4) is 5.69 Å². The Morgan fingerprint density at radius 1 is 1.12 bits per heavy atom. The third-order valence-electron chi connectivity index (χ3n) is 8.24. The molecule has 216 valence electrons. The van der Waals surface area contributed by atoms with Crippen molar-refractivity contribution >= 4 is 27.9 Å². The first-order valence-corrected chi connectivity index (χ1v) is 15.4. The van der Waals surface area contributed by atoms with Crippen LogP contribution in [0.5, 0.6) is 0 Å². The van der Waals surface area contributed by atoms with Gasteiger partial charge in [-0.25, -0.2) is 8.60 Å². The standard InChI is InChI=1S/C32H37FN4O3S/c1-22(2)35(3)32(38)28-18-26(33)8-9-30(28)37-20-29(27-10-14-34-19-31(27)37)25-12-16-36(17-13-25)15-11-23-4-6-24(7-5-23)21-41(39)40/h4-10,14,18-20,22,25H,11-13,15-17,21H2,1-3H3,(H,39,40). The van der Waals surface area contributed by atoms with Crippen LogP contribution in [0.4, 0.5) is 4.39 Å². The Bertz CT molecular complexity index is 1540. The Kier molecular flexibility index (Phi) is 8.97. The predicted octanol–water partition coefficient (Wildman–Crippen LogP) is 5.79. The quantitative estimate of drug-likeness (QED) is 0.255. The number of aromatic nitrogens is 2. The molecule has 0 radical (unpaired) electrons. The number of carbonyl (C=O) groups excluding carboxylic acids is 1. The number of halogens is 1. The molecule has 2 aromatic carbocycles. The summed E-state index contributed by atoms with van der Waals surface area (Å²) in [5, 5.41) is 1.11. The Balaban J connectivity index is 1.33. The number of pyridine rings is 1. The van der Waals surface area contributed by atoms with Gasteiger partial charge in [0.15, 0.2) is 11.1 Å². The van der Waals surface area contributed by atoms with Crippen molar-refractivity contribution in [1.29, 1.82) is 0 Å². The predicted molar refractivity (Wildman–Crippen MR) is 161 cm³/mol. The van der Waals surface area contributed by atoms with Gasteiger partial charge in [-0.1, -0.05) is 24.3 Å². The number of carbonyl (C=O) groups is 1. The fraction of sp³-hybridized carbons (Fsp3) is 0.375. The van der Waals surface area contributed by atoms with Gasteiger partial charge in [-0.15, -0.1) is 0 Å². The van der Waals surface area contributed by atoms with Crippen molar-refractivity contribution in [2.24, 2.45) is 0 Å². The first-order chi connectivity index (χ1) is 19.7. The molecule has 3 heterocycles. The topological polar surface area (TPSA) is 78.7 Å². The molecule has 1 aliphatic rings. The van der Waals surface area contributed by atoms with Crippen LogP contribution >= 0.6 is 0 Å². The second kappa shape index (κ2) is 12.6. The van der Waals surface area contributed by atoms with E-state index in [1.165, 1.54) is 23.3 Å². The molecule has 1 N–H and O–H groups in total. The number of piperidine rings is 1. The fourth-order valence-corrected chi connectivity index (χ4v) is 6.12. The van der Waals surface area contributed by atoms with Gasteiger partial charge in [0.25, 0.3) is 5.91 Å². The second-order valence-electron chi connectivity index (χ2n) is 11.2. The molecule has 1 amide bonds. The molecule has 1 aliphatic heterocycles. The second-order valence-corrected chi connectivity index (χ2v) is 12.1. The van der Waals surface area contributed by atoms with Crippen LogP contribution < -0.4 is 0 Å². The van der Waals surface area contributed by atoms with Crippen LogP contribution in [0.2, 0.25) is 0 Å². The van der Waals surface area contributed by atoms with E-state index in [2.05, 4.69) is 16.1 Å². The van der Waals surface area contributed by atoms with E-state index < -0.39 is 16.9 Å². The molecule has 1 fully saturated rings. The molecule has 2 aromatic heterocycles. The molecule has 1 unspecified atom stereocenters. The van der Waals surface area contributed by atoms with E-state index in [0.29, 0.717) is 17.2 Å². The lowest BCUT2D eigenvalue weighted by Crippen LogP contribution is -2.34. The normalized spacial score (nSPS) is 15.5. The maximum Gasteiger partial charge on any atom is 0.256 e. The Morgan fingerprint density at radius 3 is 2.51 bits per heavy atom. The van der Waals surface area contributed by atoms with Gasteiger partial charge in [-0.2, -0.15) is 0 Å². The minimum atomic E-state index is -1.82. The number of benzene rings is 2. The molecule has 1 saturated heterocycles. The van der Waals surface area contributed by atoms with Crippen LogP contribution in [-0.2, 0) is 23.3 Å². The molecule has 9 heteroatoms. The van der Waals surface area contributed by atoms with Crippen LogP contribution in [0, 0.1) is 5.82 Å².